The number of nitrogens with one attached hydrogen (secondary N) is 1. The summed E-state index contributed by atoms with van der Waals surface area (Å²) in [6.45, 7) is 4.67. The molecule has 0 bridgehead atoms. The van der Waals surface area contributed by atoms with Crippen molar-refractivity contribution in [1.29, 1.82) is 0 Å². The van der Waals surface area contributed by atoms with E-state index in [1.54, 1.807) is 0 Å². The van der Waals surface area contributed by atoms with Gasteiger partial charge in [0.05, 0.1) is 5.41 Å². The molecule has 0 aromatic heterocycles. The maximum absolute atomic E-state index is 12.2. The minimum absolute atomic E-state index is 0.0936. The summed E-state index contributed by atoms with van der Waals surface area (Å²) < 4.78 is 0. The molecule has 0 heterocycles. The molecule has 1 aromatic carbocycles. The second-order valence-corrected chi connectivity index (χ2v) is 5.73. The van der Waals surface area contributed by atoms with E-state index < -0.39 is 5.41 Å². The number of hydrogen-bond donors (Lipinski definition) is 1. The Kier molecular flexibility index (Phi) is 6.93. The van der Waals surface area contributed by atoms with Gasteiger partial charge in [0.25, 0.3) is 0 Å². The molecule has 0 aliphatic heterocycles. The Morgan fingerprint density at radius 3 is 2.37 bits per heavy atom. The SMILES string of the molecule is CC(C)(C(=O)NCCCCCCCl)c1ccccc1. The largest absolute Gasteiger partial charge is 0.355 e. The van der Waals surface area contributed by atoms with E-state index in [1.165, 1.54) is 0 Å². The van der Waals surface area contributed by atoms with Gasteiger partial charge in [0.15, 0.2) is 0 Å². The maximum Gasteiger partial charge on any atom is 0.230 e. The average molecular weight is 282 g/mol. The molecule has 0 aliphatic carbocycles. The second-order valence-electron chi connectivity index (χ2n) is 5.35. The summed E-state index contributed by atoms with van der Waals surface area (Å²) in [5.74, 6) is 0.823. The molecule has 19 heavy (non-hydrogen) atoms. The van der Waals surface area contributed by atoms with E-state index in [4.69, 9.17) is 11.6 Å². The van der Waals surface area contributed by atoms with Crippen LogP contribution in [0.3, 0.4) is 0 Å². The Morgan fingerprint density at radius 2 is 1.74 bits per heavy atom. The lowest BCUT2D eigenvalue weighted by atomic mass is 9.84. The number of rotatable bonds is 8. The zero-order valence-corrected chi connectivity index (χ0v) is 12.7. The Morgan fingerprint density at radius 1 is 1.11 bits per heavy atom. The van der Waals surface area contributed by atoms with Crippen LogP contribution in [0.25, 0.3) is 0 Å². The summed E-state index contributed by atoms with van der Waals surface area (Å²) in [6.07, 6.45) is 4.35. The number of carbonyl (C=O) groups is 1. The van der Waals surface area contributed by atoms with Crippen molar-refractivity contribution in [2.45, 2.75) is 44.9 Å². The van der Waals surface area contributed by atoms with E-state index in [0.29, 0.717) is 0 Å². The zero-order chi connectivity index (χ0) is 14.1. The highest BCUT2D eigenvalue weighted by Gasteiger charge is 2.28. The number of carbonyl (C=O) groups excluding carboxylic acids is 1. The number of halogens is 1. The molecule has 0 atom stereocenters. The summed E-state index contributed by atoms with van der Waals surface area (Å²) in [4.78, 5) is 12.2. The first-order chi connectivity index (χ1) is 9.09. The first kappa shape index (κ1) is 16.0. The van der Waals surface area contributed by atoms with Crippen LogP contribution in [0.5, 0.6) is 0 Å². The molecule has 0 spiro atoms. The Labute approximate surface area is 121 Å². The van der Waals surface area contributed by atoms with Gasteiger partial charge in [-0.1, -0.05) is 43.2 Å². The molecule has 1 rings (SSSR count). The van der Waals surface area contributed by atoms with Crippen LogP contribution >= 0.6 is 11.6 Å². The lowest BCUT2D eigenvalue weighted by molar-refractivity contribution is -0.125. The van der Waals surface area contributed by atoms with Crippen molar-refractivity contribution in [2.24, 2.45) is 0 Å². The van der Waals surface area contributed by atoms with Gasteiger partial charge in [-0.2, -0.15) is 0 Å². The van der Waals surface area contributed by atoms with E-state index >= 15 is 0 Å². The van der Waals surface area contributed by atoms with Gasteiger partial charge < -0.3 is 5.32 Å². The molecular weight excluding hydrogens is 258 g/mol. The highest BCUT2D eigenvalue weighted by atomic mass is 35.5. The van der Waals surface area contributed by atoms with E-state index in [9.17, 15) is 4.79 Å². The predicted octanol–water partition coefficient (Wildman–Crippen LogP) is 3.88. The van der Waals surface area contributed by atoms with Gasteiger partial charge in [-0.15, -0.1) is 11.6 Å². The monoisotopic (exact) mass is 281 g/mol. The number of benzene rings is 1. The van der Waals surface area contributed by atoms with Gasteiger partial charge in [0.1, 0.15) is 0 Å². The maximum atomic E-state index is 12.2. The number of hydrogen-bond acceptors (Lipinski definition) is 1. The number of amides is 1. The molecule has 0 aliphatic rings. The van der Waals surface area contributed by atoms with Crippen LogP contribution in [0.4, 0.5) is 0 Å². The van der Waals surface area contributed by atoms with Crippen LogP contribution in [0.1, 0.15) is 45.1 Å². The van der Waals surface area contributed by atoms with Crippen LogP contribution in [-0.2, 0) is 10.2 Å². The third-order valence-corrected chi connectivity index (χ3v) is 3.68. The molecule has 1 N–H and O–H groups in total. The Bertz CT molecular complexity index is 376. The van der Waals surface area contributed by atoms with Crippen LogP contribution in [0, 0.1) is 0 Å². The van der Waals surface area contributed by atoms with Gasteiger partial charge >= 0.3 is 0 Å². The van der Waals surface area contributed by atoms with Gasteiger partial charge in [-0.3, -0.25) is 4.79 Å². The quantitative estimate of drug-likeness (QED) is 0.569. The molecule has 0 saturated heterocycles. The van der Waals surface area contributed by atoms with E-state index in [-0.39, 0.29) is 5.91 Å². The third kappa shape index (κ3) is 5.23. The van der Waals surface area contributed by atoms with E-state index in [0.717, 1.165) is 43.7 Å². The summed E-state index contributed by atoms with van der Waals surface area (Å²) >= 11 is 5.62. The fraction of sp³-hybridized carbons (Fsp3) is 0.562. The minimum atomic E-state index is -0.475. The fourth-order valence-corrected chi connectivity index (χ4v) is 2.17. The molecule has 106 valence electrons. The molecule has 0 fully saturated rings. The molecule has 0 unspecified atom stereocenters. The summed E-state index contributed by atoms with van der Waals surface area (Å²) in [5, 5.41) is 3.03. The highest BCUT2D eigenvalue weighted by Crippen LogP contribution is 2.22. The van der Waals surface area contributed by atoms with Crippen molar-refractivity contribution in [3.63, 3.8) is 0 Å². The lowest BCUT2D eigenvalue weighted by Crippen LogP contribution is -2.40. The van der Waals surface area contributed by atoms with Gasteiger partial charge in [0, 0.05) is 12.4 Å². The van der Waals surface area contributed by atoms with Crippen molar-refractivity contribution < 1.29 is 4.79 Å². The smallest absolute Gasteiger partial charge is 0.230 e. The third-order valence-electron chi connectivity index (χ3n) is 3.41. The highest BCUT2D eigenvalue weighted by molar-refractivity contribution is 6.17. The van der Waals surface area contributed by atoms with Gasteiger partial charge in [-0.25, -0.2) is 0 Å². The second kappa shape index (κ2) is 8.21. The van der Waals surface area contributed by atoms with Gasteiger partial charge in [-0.05, 0) is 32.3 Å². The first-order valence-corrected chi connectivity index (χ1v) is 7.52. The molecule has 0 saturated carbocycles. The molecular formula is C16H24ClNO. The van der Waals surface area contributed by atoms with Crippen LogP contribution in [0.15, 0.2) is 30.3 Å². The minimum Gasteiger partial charge on any atom is -0.355 e. The van der Waals surface area contributed by atoms with Crippen LogP contribution in [-0.4, -0.2) is 18.3 Å². The molecule has 1 amide bonds. The van der Waals surface area contributed by atoms with Crippen molar-refractivity contribution in [3.8, 4) is 0 Å². The summed E-state index contributed by atoms with van der Waals surface area (Å²) in [5.41, 5.74) is 0.576. The van der Waals surface area contributed by atoms with E-state index in [2.05, 4.69) is 5.32 Å². The predicted molar refractivity (Wildman–Crippen MR) is 81.7 cm³/mol. The lowest BCUT2D eigenvalue weighted by Gasteiger charge is -2.24. The fourth-order valence-electron chi connectivity index (χ4n) is 1.98. The average Bonchev–Trinajstić information content (AvgIpc) is 2.43. The standard InChI is InChI=1S/C16H24ClNO/c1-16(2,14-10-6-5-7-11-14)15(19)18-13-9-4-3-8-12-17/h5-7,10-11H,3-4,8-9,12-13H2,1-2H3,(H,18,19). The molecule has 0 radical (unpaired) electrons. The van der Waals surface area contributed by atoms with E-state index in [1.807, 2.05) is 44.2 Å². The topological polar surface area (TPSA) is 29.1 Å². The first-order valence-electron chi connectivity index (χ1n) is 6.99. The number of unbranched alkanes of at least 4 members (excludes halogenated alkanes) is 3. The Balaban J connectivity index is 2.36. The zero-order valence-electron chi connectivity index (χ0n) is 11.9. The molecule has 3 heteroatoms. The Hall–Kier alpha value is -1.02. The van der Waals surface area contributed by atoms with Gasteiger partial charge in [0.2, 0.25) is 5.91 Å². The van der Waals surface area contributed by atoms with Crippen molar-refractivity contribution in [2.75, 3.05) is 12.4 Å². The molecule has 2 nitrogen and oxygen atoms in total. The van der Waals surface area contributed by atoms with Crippen molar-refractivity contribution in [3.05, 3.63) is 35.9 Å². The van der Waals surface area contributed by atoms with Crippen LogP contribution < -0.4 is 5.32 Å². The van der Waals surface area contributed by atoms with Crippen LogP contribution in [0.2, 0.25) is 0 Å². The van der Waals surface area contributed by atoms with Crippen molar-refractivity contribution >= 4 is 17.5 Å². The normalized spacial score (nSPS) is 11.3. The number of alkyl halides is 1. The molecule has 1 aromatic rings. The van der Waals surface area contributed by atoms with Crippen molar-refractivity contribution in [1.82, 2.24) is 5.32 Å². The summed E-state index contributed by atoms with van der Waals surface area (Å²) in [7, 11) is 0. The summed E-state index contributed by atoms with van der Waals surface area (Å²) in [6, 6.07) is 9.90.